The van der Waals surface area contributed by atoms with Crippen molar-refractivity contribution in [3.8, 4) is 5.75 Å². The quantitative estimate of drug-likeness (QED) is 0.856. The van der Waals surface area contributed by atoms with E-state index in [2.05, 4.69) is 5.32 Å². The SMILES string of the molecule is O=C(CCc1ccc(O)cc1)NCC1CCCCC1. The number of benzene rings is 1. The van der Waals surface area contributed by atoms with Crippen molar-refractivity contribution in [1.82, 2.24) is 5.32 Å². The fraction of sp³-hybridized carbons (Fsp3) is 0.562. The standard InChI is InChI=1S/C16H23NO2/c18-15-9-6-13(7-10-15)8-11-16(19)17-12-14-4-2-1-3-5-14/h6-7,9-10,14,18H,1-5,8,11-12H2,(H,17,19). The Balaban J connectivity index is 1.65. The van der Waals surface area contributed by atoms with E-state index >= 15 is 0 Å². The van der Waals surface area contributed by atoms with Crippen LogP contribution in [0.15, 0.2) is 24.3 Å². The summed E-state index contributed by atoms with van der Waals surface area (Å²) in [6.07, 6.45) is 7.76. The molecule has 1 aliphatic rings. The average molecular weight is 261 g/mol. The van der Waals surface area contributed by atoms with E-state index in [4.69, 9.17) is 0 Å². The zero-order valence-corrected chi connectivity index (χ0v) is 11.4. The molecule has 19 heavy (non-hydrogen) atoms. The first kappa shape index (κ1) is 13.9. The monoisotopic (exact) mass is 261 g/mol. The maximum Gasteiger partial charge on any atom is 0.220 e. The predicted molar refractivity (Wildman–Crippen MR) is 76.0 cm³/mol. The molecule has 1 fully saturated rings. The molecule has 3 nitrogen and oxygen atoms in total. The first-order valence-corrected chi connectivity index (χ1v) is 7.28. The molecule has 0 unspecified atom stereocenters. The maximum absolute atomic E-state index is 11.8. The van der Waals surface area contributed by atoms with Gasteiger partial charge in [-0.15, -0.1) is 0 Å². The maximum atomic E-state index is 11.8. The third-order valence-electron chi connectivity index (χ3n) is 3.89. The number of rotatable bonds is 5. The molecule has 1 aromatic carbocycles. The van der Waals surface area contributed by atoms with Crippen LogP contribution in [-0.2, 0) is 11.2 Å². The number of nitrogens with one attached hydrogen (secondary N) is 1. The number of aromatic hydroxyl groups is 1. The van der Waals surface area contributed by atoms with Crippen molar-refractivity contribution in [2.24, 2.45) is 5.92 Å². The summed E-state index contributed by atoms with van der Waals surface area (Å²) in [6.45, 7) is 0.842. The Kier molecular flexibility index (Phi) is 5.25. The van der Waals surface area contributed by atoms with Crippen LogP contribution in [0.3, 0.4) is 0 Å². The van der Waals surface area contributed by atoms with Gasteiger partial charge >= 0.3 is 0 Å². The second-order valence-corrected chi connectivity index (χ2v) is 5.47. The van der Waals surface area contributed by atoms with Gasteiger partial charge in [0, 0.05) is 13.0 Å². The number of aryl methyl sites for hydroxylation is 1. The van der Waals surface area contributed by atoms with Gasteiger partial charge in [0.05, 0.1) is 0 Å². The lowest BCUT2D eigenvalue weighted by Gasteiger charge is -2.21. The lowest BCUT2D eigenvalue weighted by Crippen LogP contribution is -2.30. The van der Waals surface area contributed by atoms with Crippen LogP contribution in [0, 0.1) is 5.92 Å². The molecule has 0 atom stereocenters. The summed E-state index contributed by atoms with van der Waals surface area (Å²) < 4.78 is 0. The topological polar surface area (TPSA) is 49.3 Å². The Bertz CT molecular complexity index is 394. The first-order valence-electron chi connectivity index (χ1n) is 7.28. The Morgan fingerprint density at radius 2 is 1.84 bits per heavy atom. The normalized spacial score (nSPS) is 16.2. The van der Waals surface area contributed by atoms with Crippen LogP contribution in [0.4, 0.5) is 0 Å². The highest BCUT2D eigenvalue weighted by Gasteiger charge is 2.14. The number of amides is 1. The third-order valence-corrected chi connectivity index (χ3v) is 3.89. The summed E-state index contributed by atoms with van der Waals surface area (Å²) in [5.41, 5.74) is 1.09. The van der Waals surface area contributed by atoms with Gasteiger partial charge in [-0.25, -0.2) is 0 Å². The molecule has 0 aromatic heterocycles. The lowest BCUT2D eigenvalue weighted by atomic mass is 9.89. The van der Waals surface area contributed by atoms with Crippen LogP contribution in [0.25, 0.3) is 0 Å². The van der Waals surface area contributed by atoms with E-state index in [1.165, 1.54) is 32.1 Å². The van der Waals surface area contributed by atoms with Gasteiger partial charge in [-0.05, 0) is 42.9 Å². The molecule has 1 saturated carbocycles. The van der Waals surface area contributed by atoms with Crippen LogP contribution < -0.4 is 5.32 Å². The van der Waals surface area contributed by atoms with Crippen molar-refractivity contribution in [2.75, 3.05) is 6.54 Å². The molecule has 2 N–H and O–H groups in total. The summed E-state index contributed by atoms with van der Waals surface area (Å²) in [6, 6.07) is 7.05. The highest BCUT2D eigenvalue weighted by molar-refractivity contribution is 5.76. The van der Waals surface area contributed by atoms with E-state index < -0.39 is 0 Å². The molecular weight excluding hydrogens is 238 g/mol. The molecule has 0 spiro atoms. The van der Waals surface area contributed by atoms with Crippen molar-refractivity contribution in [3.05, 3.63) is 29.8 Å². The van der Waals surface area contributed by atoms with Crippen molar-refractivity contribution >= 4 is 5.91 Å². The number of phenols is 1. The fourth-order valence-corrected chi connectivity index (χ4v) is 2.66. The number of hydrogen-bond acceptors (Lipinski definition) is 2. The fourth-order valence-electron chi connectivity index (χ4n) is 2.66. The second-order valence-electron chi connectivity index (χ2n) is 5.47. The lowest BCUT2D eigenvalue weighted by molar-refractivity contribution is -0.121. The van der Waals surface area contributed by atoms with Crippen LogP contribution in [-0.4, -0.2) is 17.6 Å². The minimum Gasteiger partial charge on any atom is -0.508 e. The predicted octanol–water partition coefficient (Wildman–Crippen LogP) is 3.02. The molecule has 3 heteroatoms. The molecule has 1 aromatic rings. The van der Waals surface area contributed by atoms with Gasteiger partial charge in [0.15, 0.2) is 0 Å². The smallest absolute Gasteiger partial charge is 0.220 e. The minimum absolute atomic E-state index is 0.138. The summed E-state index contributed by atoms with van der Waals surface area (Å²) in [5, 5.41) is 12.2. The number of hydrogen-bond donors (Lipinski definition) is 2. The summed E-state index contributed by atoms with van der Waals surface area (Å²) in [7, 11) is 0. The molecule has 104 valence electrons. The number of carbonyl (C=O) groups is 1. The van der Waals surface area contributed by atoms with Gasteiger partial charge < -0.3 is 10.4 Å². The van der Waals surface area contributed by atoms with E-state index in [0.717, 1.165) is 18.5 Å². The average Bonchev–Trinajstić information content (AvgIpc) is 2.45. The van der Waals surface area contributed by atoms with Crippen LogP contribution in [0.5, 0.6) is 5.75 Å². The zero-order valence-electron chi connectivity index (χ0n) is 11.4. The number of phenolic OH excluding ortho intramolecular Hbond substituents is 1. The highest BCUT2D eigenvalue weighted by atomic mass is 16.3. The summed E-state index contributed by atoms with van der Waals surface area (Å²) in [5.74, 6) is 1.09. The third kappa shape index (κ3) is 4.93. The van der Waals surface area contributed by atoms with E-state index in [1.807, 2.05) is 12.1 Å². The molecule has 0 bridgehead atoms. The van der Waals surface area contributed by atoms with E-state index in [-0.39, 0.29) is 11.7 Å². The van der Waals surface area contributed by atoms with Gasteiger partial charge in [0.2, 0.25) is 5.91 Å². The van der Waals surface area contributed by atoms with Crippen molar-refractivity contribution in [3.63, 3.8) is 0 Å². The van der Waals surface area contributed by atoms with Gasteiger partial charge in [-0.2, -0.15) is 0 Å². The zero-order chi connectivity index (χ0) is 13.5. The minimum atomic E-state index is 0.138. The van der Waals surface area contributed by atoms with Crippen molar-refractivity contribution in [2.45, 2.75) is 44.9 Å². The highest BCUT2D eigenvalue weighted by Crippen LogP contribution is 2.22. The molecule has 0 saturated heterocycles. The van der Waals surface area contributed by atoms with Crippen molar-refractivity contribution < 1.29 is 9.90 Å². The van der Waals surface area contributed by atoms with Crippen LogP contribution >= 0.6 is 0 Å². The Labute approximate surface area is 115 Å². The molecule has 1 aliphatic carbocycles. The van der Waals surface area contributed by atoms with Gasteiger partial charge in [-0.3, -0.25) is 4.79 Å². The first-order chi connectivity index (χ1) is 9.24. The molecule has 0 aliphatic heterocycles. The largest absolute Gasteiger partial charge is 0.508 e. The van der Waals surface area contributed by atoms with Gasteiger partial charge in [0.1, 0.15) is 5.75 Å². The number of carbonyl (C=O) groups excluding carboxylic acids is 1. The Morgan fingerprint density at radius 3 is 2.53 bits per heavy atom. The molecule has 0 heterocycles. The van der Waals surface area contributed by atoms with Gasteiger partial charge in [-0.1, -0.05) is 31.4 Å². The molecule has 0 radical (unpaired) electrons. The Morgan fingerprint density at radius 1 is 1.16 bits per heavy atom. The second kappa shape index (κ2) is 7.17. The van der Waals surface area contributed by atoms with Crippen LogP contribution in [0.1, 0.15) is 44.1 Å². The summed E-state index contributed by atoms with van der Waals surface area (Å²) >= 11 is 0. The van der Waals surface area contributed by atoms with E-state index in [1.54, 1.807) is 12.1 Å². The molecule has 2 rings (SSSR count). The van der Waals surface area contributed by atoms with Crippen molar-refractivity contribution in [1.29, 1.82) is 0 Å². The van der Waals surface area contributed by atoms with Crippen LogP contribution in [0.2, 0.25) is 0 Å². The molecular formula is C16H23NO2. The molecule has 1 amide bonds. The summed E-state index contributed by atoms with van der Waals surface area (Å²) in [4.78, 5) is 11.8. The van der Waals surface area contributed by atoms with E-state index in [0.29, 0.717) is 12.3 Å². The van der Waals surface area contributed by atoms with Gasteiger partial charge in [0.25, 0.3) is 0 Å². The van der Waals surface area contributed by atoms with E-state index in [9.17, 15) is 9.90 Å². The Hall–Kier alpha value is -1.51.